The third-order valence-electron chi connectivity index (χ3n) is 3.72. The Hall–Kier alpha value is -0.930. The number of piperidine rings is 1. The maximum Gasteiger partial charge on any atom is 0.126 e. The van der Waals surface area contributed by atoms with Gasteiger partial charge in [0, 0.05) is 0 Å². The maximum atomic E-state index is 13.4. The molecule has 0 saturated carbocycles. The topological polar surface area (TPSA) is 24.1 Å². The van der Waals surface area contributed by atoms with Gasteiger partial charge in [-0.2, -0.15) is 0 Å². The van der Waals surface area contributed by atoms with Gasteiger partial charge in [-0.15, -0.1) is 0 Å². The van der Waals surface area contributed by atoms with Crippen molar-refractivity contribution in [1.82, 2.24) is 10.6 Å². The molecule has 0 spiro atoms. The second-order valence-electron chi connectivity index (χ2n) is 5.07. The highest BCUT2D eigenvalue weighted by Gasteiger charge is 2.11. The molecule has 0 atom stereocenters. The van der Waals surface area contributed by atoms with E-state index in [1.54, 1.807) is 6.07 Å². The standard InChI is InChI=1S/C15H23FN2/c16-15-4-2-1-3-14(15)8-12-18-11-7-13-5-9-17-10-6-13/h1-4,13,17-18H,5-12H2. The van der Waals surface area contributed by atoms with E-state index < -0.39 is 0 Å². The van der Waals surface area contributed by atoms with Crippen molar-refractivity contribution < 1.29 is 4.39 Å². The van der Waals surface area contributed by atoms with Crippen molar-refractivity contribution >= 4 is 0 Å². The smallest absolute Gasteiger partial charge is 0.126 e. The summed E-state index contributed by atoms with van der Waals surface area (Å²) in [6, 6.07) is 7.03. The SMILES string of the molecule is Fc1ccccc1CCNCCC1CCNCC1. The van der Waals surface area contributed by atoms with Crippen LogP contribution in [-0.2, 0) is 6.42 Å². The molecule has 1 saturated heterocycles. The quantitative estimate of drug-likeness (QED) is 0.757. The van der Waals surface area contributed by atoms with Crippen molar-refractivity contribution in [2.45, 2.75) is 25.7 Å². The van der Waals surface area contributed by atoms with Gasteiger partial charge >= 0.3 is 0 Å². The molecule has 3 heteroatoms. The molecule has 1 heterocycles. The molecule has 2 N–H and O–H groups in total. The summed E-state index contributed by atoms with van der Waals surface area (Å²) in [5.41, 5.74) is 0.812. The van der Waals surface area contributed by atoms with Crippen LogP contribution in [0.2, 0.25) is 0 Å². The summed E-state index contributed by atoms with van der Waals surface area (Å²) in [6.07, 6.45) is 4.63. The lowest BCUT2D eigenvalue weighted by Gasteiger charge is -2.22. The van der Waals surface area contributed by atoms with E-state index in [1.165, 1.54) is 38.4 Å². The zero-order chi connectivity index (χ0) is 12.6. The molecule has 0 radical (unpaired) electrons. The molecular formula is C15H23FN2. The first-order valence-electron chi connectivity index (χ1n) is 7.01. The number of hydrogen-bond acceptors (Lipinski definition) is 2. The molecule has 0 aromatic heterocycles. The molecule has 0 amide bonds. The van der Waals surface area contributed by atoms with Gasteiger partial charge in [0.1, 0.15) is 5.82 Å². The molecule has 18 heavy (non-hydrogen) atoms. The van der Waals surface area contributed by atoms with Gasteiger partial charge in [-0.05, 0) is 69.4 Å². The van der Waals surface area contributed by atoms with Crippen LogP contribution < -0.4 is 10.6 Å². The Morgan fingerprint density at radius 3 is 2.72 bits per heavy atom. The molecule has 0 unspecified atom stereocenters. The van der Waals surface area contributed by atoms with Crippen LogP contribution in [0.3, 0.4) is 0 Å². The molecular weight excluding hydrogens is 227 g/mol. The number of hydrogen-bond donors (Lipinski definition) is 2. The summed E-state index contributed by atoms with van der Waals surface area (Å²) in [4.78, 5) is 0. The lowest BCUT2D eigenvalue weighted by Crippen LogP contribution is -2.30. The van der Waals surface area contributed by atoms with Crippen molar-refractivity contribution in [1.29, 1.82) is 0 Å². The predicted molar refractivity (Wildman–Crippen MR) is 73.2 cm³/mol. The Kier molecular flexibility index (Phi) is 5.62. The molecule has 1 aromatic rings. The lowest BCUT2D eigenvalue weighted by molar-refractivity contribution is 0.348. The second-order valence-corrected chi connectivity index (χ2v) is 5.07. The molecule has 100 valence electrons. The van der Waals surface area contributed by atoms with Crippen LogP contribution in [0.25, 0.3) is 0 Å². The molecule has 1 aliphatic rings. The highest BCUT2D eigenvalue weighted by Crippen LogP contribution is 2.14. The van der Waals surface area contributed by atoms with E-state index in [0.717, 1.165) is 31.0 Å². The van der Waals surface area contributed by atoms with E-state index in [-0.39, 0.29) is 5.82 Å². The Morgan fingerprint density at radius 2 is 1.94 bits per heavy atom. The largest absolute Gasteiger partial charge is 0.317 e. The minimum absolute atomic E-state index is 0.0855. The predicted octanol–water partition coefficient (Wildman–Crippen LogP) is 2.35. The summed E-state index contributed by atoms with van der Waals surface area (Å²) < 4.78 is 13.4. The van der Waals surface area contributed by atoms with Crippen LogP contribution in [0, 0.1) is 11.7 Å². The van der Waals surface area contributed by atoms with E-state index in [0.29, 0.717) is 0 Å². The van der Waals surface area contributed by atoms with Gasteiger partial charge in [0.15, 0.2) is 0 Å². The zero-order valence-electron chi connectivity index (χ0n) is 10.9. The normalized spacial score (nSPS) is 16.9. The van der Waals surface area contributed by atoms with E-state index in [9.17, 15) is 4.39 Å². The van der Waals surface area contributed by atoms with Gasteiger partial charge in [-0.25, -0.2) is 4.39 Å². The summed E-state index contributed by atoms with van der Waals surface area (Å²) >= 11 is 0. The molecule has 0 aliphatic carbocycles. The fourth-order valence-corrected chi connectivity index (χ4v) is 2.53. The molecule has 1 aromatic carbocycles. The number of nitrogens with one attached hydrogen (secondary N) is 2. The van der Waals surface area contributed by atoms with Gasteiger partial charge in [0.05, 0.1) is 0 Å². The van der Waals surface area contributed by atoms with Gasteiger partial charge in [0.2, 0.25) is 0 Å². The molecule has 1 aliphatic heterocycles. The first kappa shape index (κ1) is 13.5. The third-order valence-corrected chi connectivity index (χ3v) is 3.72. The summed E-state index contributed by atoms with van der Waals surface area (Å²) in [5.74, 6) is 0.782. The Bertz CT molecular complexity index is 348. The van der Waals surface area contributed by atoms with Crippen molar-refractivity contribution in [3.63, 3.8) is 0 Å². The van der Waals surface area contributed by atoms with Crippen LogP contribution in [0.4, 0.5) is 4.39 Å². The number of halogens is 1. The monoisotopic (exact) mass is 250 g/mol. The fraction of sp³-hybridized carbons (Fsp3) is 0.600. The van der Waals surface area contributed by atoms with Gasteiger partial charge in [0.25, 0.3) is 0 Å². The lowest BCUT2D eigenvalue weighted by atomic mass is 9.95. The Morgan fingerprint density at radius 1 is 1.17 bits per heavy atom. The van der Waals surface area contributed by atoms with Crippen molar-refractivity contribution in [3.05, 3.63) is 35.6 Å². The highest BCUT2D eigenvalue weighted by atomic mass is 19.1. The molecule has 0 bridgehead atoms. The minimum atomic E-state index is -0.0855. The van der Waals surface area contributed by atoms with Crippen LogP contribution in [-0.4, -0.2) is 26.2 Å². The van der Waals surface area contributed by atoms with E-state index in [4.69, 9.17) is 0 Å². The van der Waals surface area contributed by atoms with Crippen LogP contribution in [0.15, 0.2) is 24.3 Å². The molecule has 2 nitrogen and oxygen atoms in total. The molecule has 1 fully saturated rings. The maximum absolute atomic E-state index is 13.4. The first-order valence-corrected chi connectivity index (χ1v) is 7.01. The van der Waals surface area contributed by atoms with Crippen LogP contribution >= 0.6 is 0 Å². The molecule has 2 rings (SSSR count). The summed E-state index contributed by atoms with van der Waals surface area (Å²) in [5, 5.41) is 6.80. The number of rotatable bonds is 6. The average molecular weight is 250 g/mol. The van der Waals surface area contributed by atoms with Crippen LogP contribution in [0.5, 0.6) is 0 Å². The second kappa shape index (κ2) is 7.49. The Balaban J connectivity index is 1.57. The van der Waals surface area contributed by atoms with Gasteiger partial charge in [-0.3, -0.25) is 0 Å². The van der Waals surface area contributed by atoms with E-state index in [1.807, 2.05) is 12.1 Å². The zero-order valence-corrected chi connectivity index (χ0v) is 10.9. The average Bonchev–Trinajstić information content (AvgIpc) is 2.42. The van der Waals surface area contributed by atoms with Crippen molar-refractivity contribution in [2.24, 2.45) is 5.92 Å². The minimum Gasteiger partial charge on any atom is -0.317 e. The summed E-state index contributed by atoms with van der Waals surface area (Å²) in [7, 11) is 0. The van der Waals surface area contributed by atoms with Crippen LogP contribution in [0.1, 0.15) is 24.8 Å². The van der Waals surface area contributed by atoms with Crippen molar-refractivity contribution in [2.75, 3.05) is 26.2 Å². The van der Waals surface area contributed by atoms with Gasteiger partial charge < -0.3 is 10.6 Å². The summed E-state index contributed by atoms with van der Waals surface area (Å²) in [6.45, 7) is 4.25. The van der Waals surface area contributed by atoms with Gasteiger partial charge in [-0.1, -0.05) is 18.2 Å². The number of benzene rings is 1. The van der Waals surface area contributed by atoms with Crippen molar-refractivity contribution in [3.8, 4) is 0 Å². The van der Waals surface area contributed by atoms with E-state index in [2.05, 4.69) is 10.6 Å². The first-order chi connectivity index (χ1) is 8.86. The highest BCUT2D eigenvalue weighted by molar-refractivity contribution is 5.17. The van der Waals surface area contributed by atoms with E-state index >= 15 is 0 Å². The third kappa shape index (κ3) is 4.39. The fourth-order valence-electron chi connectivity index (χ4n) is 2.53. The Labute approximate surface area is 109 Å².